The number of aromatic nitrogens is 1. The first-order valence-electron chi connectivity index (χ1n) is 4.10. The average molecular weight is 207 g/mol. The van der Waals surface area contributed by atoms with E-state index in [9.17, 15) is 14.3 Å². The number of hydrogen-bond acceptors (Lipinski definition) is 3. The maximum absolute atomic E-state index is 13.2. The van der Waals surface area contributed by atoms with Gasteiger partial charge in [-0.1, -0.05) is 12.1 Å². The van der Waals surface area contributed by atoms with Gasteiger partial charge in [-0.15, -0.1) is 0 Å². The van der Waals surface area contributed by atoms with Crippen molar-refractivity contribution >= 4 is 16.9 Å². The van der Waals surface area contributed by atoms with Gasteiger partial charge in [0.05, 0.1) is 6.20 Å². The topological polar surface area (TPSA) is 70.4 Å². The van der Waals surface area contributed by atoms with Crippen LogP contribution in [0.5, 0.6) is 5.75 Å². The van der Waals surface area contributed by atoms with Crippen LogP contribution in [0, 0.1) is 5.82 Å². The molecule has 0 aliphatic carbocycles. The Morgan fingerprint density at radius 3 is 2.80 bits per heavy atom. The van der Waals surface area contributed by atoms with E-state index in [4.69, 9.17) is 5.11 Å². The highest BCUT2D eigenvalue weighted by Crippen LogP contribution is 2.26. The fourth-order valence-corrected chi connectivity index (χ4v) is 1.40. The maximum Gasteiger partial charge on any atom is 0.340 e. The van der Waals surface area contributed by atoms with Crippen molar-refractivity contribution in [2.75, 3.05) is 0 Å². The Hall–Kier alpha value is -2.17. The van der Waals surface area contributed by atoms with Crippen LogP contribution < -0.4 is 0 Å². The Morgan fingerprint density at radius 2 is 2.13 bits per heavy atom. The molecule has 1 aromatic heterocycles. The zero-order chi connectivity index (χ0) is 11.0. The second-order valence-corrected chi connectivity index (χ2v) is 2.96. The predicted octanol–water partition coefficient (Wildman–Crippen LogP) is 1.78. The second-order valence-electron chi connectivity index (χ2n) is 2.96. The van der Waals surface area contributed by atoms with Gasteiger partial charge >= 0.3 is 5.97 Å². The Kier molecular flexibility index (Phi) is 2.00. The highest BCUT2D eigenvalue weighted by Gasteiger charge is 2.16. The number of pyridine rings is 1. The van der Waals surface area contributed by atoms with Crippen molar-refractivity contribution in [2.24, 2.45) is 0 Å². The van der Waals surface area contributed by atoms with Crippen molar-refractivity contribution in [1.82, 2.24) is 4.98 Å². The highest BCUT2D eigenvalue weighted by atomic mass is 19.1. The number of aromatic carboxylic acids is 1. The zero-order valence-electron chi connectivity index (χ0n) is 7.44. The maximum atomic E-state index is 13.2. The molecule has 5 heteroatoms. The molecule has 0 atom stereocenters. The van der Waals surface area contributed by atoms with Crippen LogP contribution in [-0.4, -0.2) is 21.2 Å². The lowest BCUT2D eigenvalue weighted by Gasteiger charge is -2.04. The Bertz CT molecular complexity index is 554. The molecule has 0 fully saturated rings. The number of benzene rings is 1. The standard InChI is InChI=1S/C10H6FNO3/c11-6-3-1-2-5-8(10(14)15)7(13)4-12-9(5)6/h1-4,13H,(H,14,15). The molecule has 0 aliphatic rings. The molecule has 1 heterocycles. The molecule has 2 N–H and O–H groups in total. The average Bonchev–Trinajstić information content (AvgIpc) is 2.17. The van der Waals surface area contributed by atoms with Crippen molar-refractivity contribution in [3.8, 4) is 5.75 Å². The Morgan fingerprint density at radius 1 is 1.40 bits per heavy atom. The van der Waals surface area contributed by atoms with E-state index in [-0.39, 0.29) is 16.5 Å². The normalized spacial score (nSPS) is 10.5. The number of hydrogen-bond donors (Lipinski definition) is 2. The van der Waals surface area contributed by atoms with Gasteiger partial charge in [0.15, 0.2) is 0 Å². The van der Waals surface area contributed by atoms with Gasteiger partial charge in [-0.3, -0.25) is 0 Å². The zero-order valence-corrected chi connectivity index (χ0v) is 7.44. The lowest BCUT2D eigenvalue weighted by atomic mass is 10.1. The number of para-hydroxylation sites is 1. The van der Waals surface area contributed by atoms with Gasteiger partial charge in [0.1, 0.15) is 22.6 Å². The molecule has 0 saturated heterocycles. The summed E-state index contributed by atoms with van der Waals surface area (Å²) in [5.41, 5.74) is -0.396. The summed E-state index contributed by atoms with van der Waals surface area (Å²) in [5, 5.41) is 18.2. The second kappa shape index (κ2) is 3.20. The summed E-state index contributed by atoms with van der Waals surface area (Å²) < 4.78 is 13.2. The van der Waals surface area contributed by atoms with Gasteiger partial charge in [0, 0.05) is 5.39 Å². The third-order valence-corrected chi connectivity index (χ3v) is 2.04. The van der Waals surface area contributed by atoms with Crippen molar-refractivity contribution in [2.45, 2.75) is 0 Å². The van der Waals surface area contributed by atoms with E-state index < -0.39 is 17.5 Å². The summed E-state index contributed by atoms with van der Waals surface area (Å²) in [4.78, 5) is 14.5. The van der Waals surface area contributed by atoms with E-state index in [1.807, 2.05) is 0 Å². The molecular weight excluding hydrogens is 201 g/mol. The molecular formula is C10H6FNO3. The van der Waals surface area contributed by atoms with Crippen molar-refractivity contribution in [3.63, 3.8) is 0 Å². The Balaban J connectivity index is 2.94. The van der Waals surface area contributed by atoms with Gasteiger partial charge < -0.3 is 10.2 Å². The van der Waals surface area contributed by atoms with Crippen LogP contribution in [0.2, 0.25) is 0 Å². The molecule has 0 unspecified atom stereocenters. The minimum Gasteiger partial charge on any atom is -0.505 e. The van der Waals surface area contributed by atoms with Crippen LogP contribution in [-0.2, 0) is 0 Å². The first kappa shape index (κ1) is 9.39. The molecule has 0 spiro atoms. The summed E-state index contributed by atoms with van der Waals surface area (Å²) in [5.74, 6) is -2.40. The smallest absolute Gasteiger partial charge is 0.340 e. The molecule has 76 valence electrons. The molecule has 0 aliphatic heterocycles. The van der Waals surface area contributed by atoms with Crippen LogP contribution in [0.1, 0.15) is 10.4 Å². The van der Waals surface area contributed by atoms with E-state index in [1.165, 1.54) is 18.2 Å². The van der Waals surface area contributed by atoms with E-state index in [2.05, 4.69) is 4.98 Å². The summed E-state index contributed by atoms with van der Waals surface area (Å²) in [6, 6.07) is 3.94. The number of halogens is 1. The van der Waals surface area contributed by atoms with Crippen molar-refractivity contribution < 1.29 is 19.4 Å². The molecule has 2 rings (SSSR count). The number of carboxylic acid groups (broad SMARTS) is 1. The molecule has 15 heavy (non-hydrogen) atoms. The van der Waals surface area contributed by atoms with Gasteiger partial charge in [0.25, 0.3) is 0 Å². The van der Waals surface area contributed by atoms with Crippen LogP contribution in [0.25, 0.3) is 10.9 Å². The lowest BCUT2D eigenvalue weighted by Crippen LogP contribution is -2.00. The summed E-state index contributed by atoms with van der Waals surface area (Å²) in [6.07, 6.45) is 0.925. The van der Waals surface area contributed by atoms with Crippen LogP contribution in [0.15, 0.2) is 24.4 Å². The Labute approximate surface area is 83.6 Å². The van der Waals surface area contributed by atoms with Crippen LogP contribution in [0.3, 0.4) is 0 Å². The number of nitrogens with zero attached hydrogens (tertiary/aromatic N) is 1. The van der Waals surface area contributed by atoms with Gasteiger partial charge in [-0.2, -0.15) is 0 Å². The van der Waals surface area contributed by atoms with E-state index in [1.54, 1.807) is 0 Å². The minimum absolute atomic E-state index is 0.0623. The summed E-state index contributed by atoms with van der Waals surface area (Å²) in [7, 11) is 0. The van der Waals surface area contributed by atoms with E-state index in [0.29, 0.717) is 0 Å². The van der Waals surface area contributed by atoms with Gasteiger partial charge in [-0.05, 0) is 6.07 Å². The number of fused-ring (bicyclic) bond motifs is 1. The summed E-state index contributed by atoms with van der Waals surface area (Å²) >= 11 is 0. The minimum atomic E-state index is -1.31. The predicted molar refractivity (Wildman–Crippen MR) is 50.3 cm³/mol. The highest BCUT2D eigenvalue weighted by molar-refractivity contribution is 6.04. The molecule has 2 aromatic rings. The fourth-order valence-electron chi connectivity index (χ4n) is 1.40. The first-order valence-corrected chi connectivity index (χ1v) is 4.10. The fraction of sp³-hybridized carbons (Fsp3) is 0. The third kappa shape index (κ3) is 1.38. The number of carboxylic acids is 1. The van der Waals surface area contributed by atoms with Crippen LogP contribution in [0.4, 0.5) is 4.39 Å². The molecule has 0 saturated carbocycles. The van der Waals surface area contributed by atoms with Crippen LogP contribution >= 0.6 is 0 Å². The molecule has 0 amide bonds. The molecule has 1 aromatic carbocycles. The molecule has 0 radical (unpaired) electrons. The van der Waals surface area contributed by atoms with Gasteiger partial charge in [0.2, 0.25) is 0 Å². The van der Waals surface area contributed by atoms with E-state index in [0.717, 1.165) is 6.20 Å². The number of carbonyl (C=O) groups is 1. The number of rotatable bonds is 1. The van der Waals surface area contributed by atoms with Crippen molar-refractivity contribution in [1.29, 1.82) is 0 Å². The quantitative estimate of drug-likeness (QED) is 0.747. The summed E-state index contributed by atoms with van der Waals surface area (Å²) in [6.45, 7) is 0. The lowest BCUT2D eigenvalue weighted by molar-refractivity contribution is 0.0696. The first-order chi connectivity index (χ1) is 7.11. The van der Waals surface area contributed by atoms with Gasteiger partial charge in [-0.25, -0.2) is 14.2 Å². The monoisotopic (exact) mass is 207 g/mol. The molecule has 0 bridgehead atoms. The number of aromatic hydroxyl groups is 1. The largest absolute Gasteiger partial charge is 0.505 e. The third-order valence-electron chi connectivity index (χ3n) is 2.04. The van der Waals surface area contributed by atoms with Crippen molar-refractivity contribution in [3.05, 3.63) is 35.8 Å². The molecule has 4 nitrogen and oxygen atoms in total. The van der Waals surface area contributed by atoms with E-state index >= 15 is 0 Å². The SMILES string of the molecule is O=C(O)c1c(O)cnc2c(F)cccc12.